The molecule has 1 atom stereocenters. The Hall–Kier alpha value is -1.72. The van der Waals surface area contributed by atoms with E-state index in [-0.39, 0.29) is 5.82 Å². The number of morpholine rings is 1. The van der Waals surface area contributed by atoms with Crippen molar-refractivity contribution in [2.24, 2.45) is 5.92 Å². The fraction of sp³-hybridized carbons (Fsp3) is 0.571. The summed E-state index contributed by atoms with van der Waals surface area (Å²) in [6.07, 6.45) is 2.39. The Bertz CT molecular complexity index is 767. The lowest BCUT2D eigenvalue weighted by atomic mass is 9.89. The SMILES string of the molecule is Cc1cc(N2CCC([C@@H](C)N3CCOCC3)CC2)nc2ccc(F)cc12. The third kappa shape index (κ3) is 3.55. The summed E-state index contributed by atoms with van der Waals surface area (Å²) in [5.74, 6) is 1.56. The zero-order valence-electron chi connectivity index (χ0n) is 15.7. The second-order valence-corrected chi connectivity index (χ2v) is 7.67. The lowest BCUT2D eigenvalue weighted by molar-refractivity contribution is 0.00448. The van der Waals surface area contributed by atoms with E-state index < -0.39 is 0 Å². The van der Waals surface area contributed by atoms with E-state index in [0.29, 0.717) is 6.04 Å². The van der Waals surface area contributed by atoms with Gasteiger partial charge in [0.15, 0.2) is 0 Å². The summed E-state index contributed by atoms with van der Waals surface area (Å²) < 4.78 is 19.0. The van der Waals surface area contributed by atoms with Gasteiger partial charge in [0.05, 0.1) is 18.7 Å². The highest BCUT2D eigenvalue weighted by molar-refractivity contribution is 5.84. The minimum atomic E-state index is -0.201. The molecule has 26 heavy (non-hydrogen) atoms. The first-order chi connectivity index (χ1) is 12.6. The van der Waals surface area contributed by atoms with Crippen LogP contribution in [0.3, 0.4) is 0 Å². The van der Waals surface area contributed by atoms with E-state index in [4.69, 9.17) is 9.72 Å². The van der Waals surface area contributed by atoms with Gasteiger partial charge < -0.3 is 9.64 Å². The van der Waals surface area contributed by atoms with Gasteiger partial charge in [0.2, 0.25) is 0 Å². The molecule has 0 amide bonds. The van der Waals surface area contributed by atoms with Gasteiger partial charge in [-0.15, -0.1) is 0 Å². The van der Waals surface area contributed by atoms with Crippen LogP contribution < -0.4 is 4.90 Å². The average molecular weight is 357 g/mol. The van der Waals surface area contributed by atoms with Gasteiger partial charge >= 0.3 is 0 Å². The molecule has 2 aliphatic heterocycles. The topological polar surface area (TPSA) is 28.6 Å². The molecule has 0 bridgehead atoms. The highest BCUT2D eigenvalue weighted by atomic mass is 19.1. The third-order valence-corrected chi connectivity index (χ3v) is 6.13. The van der Waals surface area contributed by atoms with E-state index in [1.807, 2.05) is 6.92 Å². The van der Waals surface area contributed by atoms with Crippen molar-refractivity contribution >= 4 is 16.7 Å². The van der Waals surface area contributed by atoms with Crippen LogP contribution in [0.5, 0.6) is 0 Å². The summed E-state index contributed by atoms with van der Waals surface area (Å²) in [5, 5.41) is 0.907. The lowest BCUT2D eigenvalue weighted by Gasteiger charge is -2.41. The van der Waals surface area contributed by atoms with Crippen molar-refractivity contribution in [3.05, 3.63) is 35.6 Å². The summed E-state index contributed by atoms with van der Waals surface area (Å²) in [4.78, 5) is 9.76. The second kappa shape index (κ2) is 7.49. The number of hydrogen-bond donors (Lipinski definition) is 0. The Morgan fingerprint density at radius 3 is 2.58 bits per heavy atom. The van der Waals surface area contributed by atoms with Crippen molar-refractivity contribution < 1.29 is 9.13 Å². The van der Waals surface area contributed by atoms with Gasteiger partial charge in [-0.2, -0.15) is 0 Å². The third-order valence-electron chi connectivity index (χ3n) is 6.13. The Kier molecular flexibility index (Phi) is 5.09. The smallest absolute Gasteiger partial charge is 0.129 e. The number of pyridine rings is 1. The van der Waals surface area contributed by atoms with Crippen LogP contribution in [0.4, 0.5) is 10.2 Å². The number of aryl methyl sites for hydroxylation is 1. The maximum Gasteiger partial charge on any atom is 0.129 e. The van der Waals surface area contributed by atoms with Crippen LogP contribution in [0.25, 0.3) is 10.9 Å². The van der Waals surface area contributed by atoms with E-state index in [1.165, 1.54) is 18.9 Å². The van der Waals surface area contributed by atoms with Crippen molar-refractivity contribution in [2.45, 2.75) is 32.7 Å². The van der Waals surface area contributed by atoms with Gasteiger partial charge in [0, 0.05) is 37.6 Å². The van der Waals surface area contributed by atoms with E-state index in [9.17, 15) is 4.39 Å². The molecule has 2 fully saturated rings. The molecule has 0 spiro atoms. The van der Waals surface area contributed by atoms with Crippen molar-refractivity contribution in [3.63, 3.8) is 0 Å². The molecule has 140 valence electrons. The predicted octanol–water partition coefficient (Wildman–Crippen LogP) is 3.62. The lowest BCUT2D eigenvalue weighted by Crippen LogP contribution is -2.48. The summed E-state index contributed by atoms with van der Waals surface area (Å²) in [6, 6.07) is 7.59. The quantitative estimate of drug-likeness (QED) is 0.839. The molecule has 2 saturated heterocycles. The molecule has 0 radical (unpaired) electrons. The predicted molar refractivity (Wildman–Crippen MR) is 103 cm³/mol. The van der Waals surface area contributed by atoms with Crippen LogP contribution >= 0.6 is 0 Å². The summed E-state index contributed by atoms with van der Waals surface area (Å²) >= 11 is 0. The van der Waals surface area contributed by atoms with Crippen molar-refractivity contribution in [2.75, 3.05) is 44.3 Å². The molecule has 4 rings (SSSR count). The van der Waals surface area contributed by atoms with Gasteiger partial charge in [-0.3, -0.25) is 4.90 Å². The van der Waals surface area contributed by atoms with Gasteiger partial charge in [-0.1, -0.05) is 0 Å². The molecule has 0 unspecified atom stereocenters. The molecule has 0 aliphatic carbocycles. The number of rotatable bonds is 3. The fourth-order valence-corrected chi connectivity index (χ4v) is 4.40. The molecular formula is C21H28FN3O. The first-order valence-corrected chi connectivity index (χ1v) is 9.75. The number of fused-ring (bicyclic) bond motifs is 1. The Balaban J connectivity index is 1.44. The first-order valence-electron chi connectivity index (χ1n) is 9.75. The van der Waals surface area contributed by atoms with Gasteiger partial charge in [-0.05, 0) is 62.4 Å². The number of aromatic nitrogens is 1. The number of ether oxygens (including phenoxy) is 1. The van der Waals surface area contributed by atoms with Gasteiger partial charge in [0.25, 0.3) is 0 Å². The van der Waals surface area contributed by atoms with Gasteiger partial charge in [0.1, 0.15) is 11.6 Å². The van der Waals surface area contributed by atoms with Crippen LogP contribution in [0.2, 0.25) is 0 Å². The second-order valence-electron chi connectivity index (χ2n) is 7.67. The first kappa shape index (κ1) is 17.7. The van der Waals surface area contributed by atoms with Crippen LogP contribution in [0.1, 0.15) is 25.3 Å². The Morgan fingerprint density at radius 2 is 1.85 bits per heavy atom. The number of anilines is 1. The zero-order chi connectivity index (χ0) is 18.1. The monoisotopic (exact) mass is 357 g/mol. The molecule has 0 saturated carbocycles. The normalized spacial score (nSPS) is 21.3. The van der Waals surface area contributed by atoms with Crippen molar-refractivity contribution in [3.8, 4) is 0 Å². The zero-order valence-corrected chi connectivity index (χ0v) is 15.7. The summed E-state index contributed by atoms with van der Waals surface area (Å²) in [6.45, 7) is 10.3. The molecule has 1 aromatic carbocycles. The highest BCUT2D eigenvalue weighted by Gasteiger charge is 2.29. The fourth-order valence-electron chi connectivity index (χ4n) is 4.40. The molecule has 2 aliphatic rings. The maximum absolute atomic E-state index is 13.5. The molecule has 3 heterocycles. The Morgan fingerprint density at radius 1 is 1.12 bits per heavy atom. The molecular weight excluding hydrogens is 329 g/mol. The number of halogens is 1. The largest absolute Gasteiger partial charge is 0.379 e. The van der Waals surface area contributed by atoms with Crippen LogP contribution in [-0.4, -0.2) is 55.3 Å². The number of benzene rings is 1. The van der Waals surface area contributed by atoms with E-state index in [0.717, 1.165) is 67.6 Å². The van der Waals surface area contributed by atoms with Crippen LogP contribution in [0.15, 0.2) is 24.3 Å². The van der Waals surface area contributed by atoms with Gasteiger partial charge in [-0.25, -0.2) is 9.37 Å². The molecule has 0 N–H and O–H groups in total. The highest BCUT2D eigenvalue weighted by Crippen LogP contribution is 2.29. The summed E-state index contributed by atoms with van der Waals surface area (Å²) in [7, 11) is 0. The maximum atomic E-state index is 13.5. The van der Waals surface area contributed by atoms with E-state index >= 15 is 0 Å². The summed E-state index contributed by atoms with van der Waals surface area (Å²) in [5.41, 5.74) is 1.97. The number of hydrogen-bond acceptors (Lipinski definition) is 4. The standard InChI is InChI=1S/C21H28FN3O/c1-15-13-21(23-20-4-3-18(22)14-19(15)20)25-7-5-17(6-8-25)16(2)24-9-11-26-12-10-24/h3-4,13-14,16-17H,5-12H2,1-2H3/t16-/m1/s1. The number of nitrogens with zero attached hydrogens (tertiary/aromatic N) is 3. The molecule has 2 aromatic rings. The Labute approximate surface area is 154 Å². The minimum Gasteiger partial charge on any atom is -0.379 e. The molecule has 5 heteroatoms. The number of piperidine rings is 1. The molecule has 4 nitrogen and oxygen atoms in total. The minimum absolute atomic E-state index is 0.201. The van der Waals surface area contributed by atoms with Crippen molar-refractivity contribution in [1.82, 2.24) is 9.88 Å². The average Bonchev–Trinajstić information content (AvgIpc) is 2.68. The van der Waals surface area contributed by atoms with E-state index in [2.05, 4.69) is 22.8 Å². The van der Waals surface area contributed by atoms with Crippen LogP contribution in [0, 0.1) is 18.7 Å². The van der Waals surface area contributed by atoms with Crippen molar-refractivity contribution in [1.29, 1.82) is 0 Å². The molecule has 1 aromatic heterocycles. The van der Waals surface area contributed by atoms with Crippen LogP contribution in [-0.2, 0) is 4.74 Å². The van der Waals surface area contributed by atoms with E-state index in [1.54, 1.807) is 12.1 Å².